The number of nitrogens with one attached hydrogen (secondary N) is 2. The van der Waals surface area contributed by atoms with E-state index in [2.05, 4.69) is 0 Å². The molecular weight excluding hydrogens is 190 g/mol. The van der Waals surface area contributed by atoms with Crippen molar-refractivity contribution >= 4 is 17.9 Å². The van der Waals surface area contributed by atoms with Gasteiger partial charge in [-0.15, -0.1) is 0 Å². The van der Waals surface area contributed by atoms with Crippen LogP contribution in [0.2, 0.25) is 0 Å². The van der Waals surface area contributed by atoms with E-state index >= 15 is 0 Å². The zero-order valence-corrected chi connectivity index (χ0v) is 6.01. The predicted octanol–water partition coefficient (Wildman–Crippen LogP) is -1.09. The lowest BCUT2D eigenvalue weighted by Crippen LogP contribution is -2.69. The second kappa shape index (κ2) is 2.64. The zero-order chi connectivity index (χ0) is 10.2. The van der Waals surface area contributed by atoms with Crippen molar-refractivity contribution in [3.05, 3.63) is 0 Å². The fourth-order valence-electron chi connectivity index (χ4n) is 0.778. The largest absolute Gasteiger partial charge is 0.477 e. The second-order valence-electron chi connectivity index (χ2n) is 2.32. The van der Waals surface area contributed by atoms with Crippen molar-refractivity contribution in [1.29, 1.82) is 0 Å². The summed E-state index contributed by atoms with van der Waals surface area (Å²) in [4.78, 5) is 31.1. The van der Waals surface area contributed by atoms with E-state index in [1.807, 2.05) is 0 Å². The molecule has 0 saturated carbocycles. The minimum Gasteiger partial charge on any atom is -0.477 e. The number of urea groups is 1. The number of carbonyl (C=O) groups excluding carboxylic acids is 2. The monoisotopic (exact) mass is 194 g/mol. The van der Waals surface area contributed by atoms with Crippen LogP contribution in [0, 0.1) is 0 Å². The van der Waals surface area contributed by atoms with Gasteiger partial charge in [-0.1, -0.05) is 0 Å². The molecule has 3 amide bonds. The van der Waals surface area contributed by atoms with Crippen molar-refractivity contribution in [2.75, 3.05) is 0 Å². The first-order valence-electron chi connectivity index (χ1n) is 3.07. The van der Waals surface area contributed by atoms with Gasteiger partial charge in [-0.05, 0) is 0 Å². The first-order chi connectivity index (χ1) is 5.88. The second-order valence-corrected chi connectivity index (χ2v) is 2.32. The highest BCUT2D eigenvalue weighted by Crippen LogP contribution is 2.19. The maximum atomic E-state index is 13.0. The van der Waals surface area contributed by atoms with Crippen LogP contribution >= 0.6 is 0 Å². The summed E-state index contributed by atoms with van der Waals surface area (Å²) in [6.45, 7) is 0. The number of carbonyl (C=O) groups is 3. The Morgan fingerprint density at radius 1 is 1.54 bits per heavy atom. The number of hydrogen-bond donors (Lipinski definition) is 3. The highest BCUT2D eigenvalue weighted by molar-refractivity contribution is 6.05. The van der Waals surface area contributed by atoms with Gasteiger partial charge in [0.25, 0.3) is 5.91 Å². The number of carboxylic acids is 1. The maximum Gasteiger partial charge on any atom is 0.366 e. The Morgan fingerprint density at radius 2 is 2.08 bits per heavy atom. The van der Waals surface area contributed by atoms with Gasteiger partial charge in [0.2, 0.25) is 6.17 Å². The van der Waals surface area contributed by atoms with Crippen molar-refractivity contribution in [3.8, 4) is 0 Å². The molecule has 1 rings (SSSR count). The first kappa shape index (κ1) is 9.36. The molecular formula is C5H4F2N2O4. The number of carboxylic acid groups (broad SMARTS) is 1. The third kappa shape index (κ3) is 1.30. The third-order valence-electron chi connectivity index (χ3n) is 1.42. The zero-order valence-electron chi connectivity index (χ0n) is 6.01. The lowest BCUT2D eigenvalue weighted by molar-refractivity contribution is -0.164. The number of hydrogen-bond acceptors (Lipinski definition) is 3. The summed E-state index contributed by atoms with van der Waals surface area (Å²) in [6, 6.07) is -1.39. The van der Waals surface area contributed by atoms with Gasteiger partial charge in [-0.25, -0.2) is 18.4 Å². The molecule has 72 valence electrons. The third-order valence-corrected chi connectivity index (χ3v) is 1.42. The molecule has 2 atom stereocenters. The number of amides is 3. The van der Waals surface area contributed by atoms with Crippen molar-refractivity contribution in [2.24, 2.45) is 0 Å². The van der Waals surface area contributed by atoms with E-state index in [0.29, 0.717) is 0 Å². The lowest BCUT2D eigenvalue weighted by atomic mass is 10.1. The van der Waals surface area contributed by atoms with Crippen LogP contribution in [0.4, 0.5) is 13.6 Å². The van der Waals surface area contributed by atoms with Crippen LogP contribution in [0.15, 0.2) is 0 Å². The number of rotatable bonds is 1. The molecule has 13 heavy (non-hydrogen) atoms. The molecule has 3 N–H and O–H groups in total. The standard InChI is InChI=1S/C5H4F2N2O4/c6-1-2(10)8-4(13)9-5(1,7)3(11)12/h1H,(H,11,12)(H2,8,9,10,13). The molecule has 0 spiro atoms. The molecule has 0 aromatic heterocycles. The van der Waals surface area contributed by atoms with E-state index in [-0.39, 0.29) is 0 Å². The summed E-state index contributed by atoms with van der Waals surface area (Å²) in [5.74, 6) is -7.56. The van der Waals surface area contributed by atoms with Crippen LogP contribution in [-0.4, -0.2) is 35.0 Å². The number of alkyl halides is 2. The summed E-state index contributed by atoms with van der Waals surface area (Å²) in [5.41, 5.74) is 0. The van der Waals surface area contributed by atoms with Gasteiger partial charge >= 0.3 is 17.8 Å². The van der Waals surface area contributed by atoms with E-state index < -0.39 is 29.9 Å². The topological polar surface area (TPSA) is 95.5 Å². The Morgan fingerprint density at radius 3 is 2.54 bits per heavy atom. The summed E-state index contributed by atoms with van der Waals surface area (Å²) >= 11 is 0. The van der Waals surface area contributed by atoms with E-state index in [4.69, 9.17) is 5.11 Å². The molecule has 8 heteroatoms. The number of imide groups is 1. The molecule has 6 nitrogen and oxygen atoms in total. The summed E-state index contributed by atoms with van der Waals surface area (Å²) in [6.07, 6.45) is -2.96. The van der Waals surface area contributed by atoms with Gasteiger partial charge in [0.15, 0.2) is 0 Å². The average Bonchev–Trinajstić information content (AvgIpc) is 1.99. The molecule has 1 saturated heterocycles. The Hall–Kier alpha value is -1.73. The van der Waals surface area contributed by atoms with Gasteiger partial charge in [0, 0.05) is 0 Å². The highest BCUT2D eigenvalue weighted by atomic mass is 19.2. The van der Waals surface area contributed by atoms with Gasteiger partial charge in [0.05, 0.1) is 0 Å². The normalized spacial score (nSPS) is 33.5. The molecule has 0 aliphatic carbocycles. The smallest absolute Gasteiger partial charge is 0.366 e. The summed E-state index contributed by atoms with van der Waals surface area (Å²) in [7, 11) is 0. The molecule has 1 fully saturated rings. The molecule has 0 radical (unpaired) electrons. The van der Waals surface area contributed by atoms with Gasteiger partial charge in [-0.3, -0.25) is 15.4 Å². The molecule has 0 bridgehead atoms. The van der Waals surface area contributed by atoms with Crippen LogP contribution in [0.3, 0.4) is 0 Å². The van der Waals surface area contributed by atoms with Crippen LogP contribution in [0.25, 0.3) is 0 Å². The SMILES string of the molecule is O=C1NC(=O)C(F)C(F)(C(=O)O)N1. The quantitative estimate of drug-likeness (QED) is 0.462. The van der Waals surface area contributed by atoms with Crippen LogP contribution in [-0.2, 0) is 9.59 Å². The number of halogens is 2. The van der Waals surface area contributed by atoms with Crippen LogP contribution in [0.5, 0.6) is 0 Å². The van der Waals surface area contributed by atoms with Crippen LogP contribution in [0.1, 0.15) is 0 Å². The first-order valence-corrected chi connectivity index (χ1v) is 3.07. The van der Waals surface area contributed by atoms with Crippen molar-refractivity contribution < 1.29 is 28.3 Å². The molecule has 2 unspecified atom stereocenters. The summed E-state index contributed by atoms with van der Waals surface area (Å²) in [5, 5.41) is 10.7. The van der Waals surface area contributed by atoms with E-state index in [0.717, 1.165) is 5.32 Å². The van der Waals surface area contributed by atoms with Gasteiger partial charge in [0.1, 0.15) is 0 Å². The fourth-order valence-corrected chi connectivity index (χ4v) is 0.778. The van der Waals surface area contributed by atoms with E-state index in [1.54, 1.807) is 0 Å². The van der Waals surface area contributed by atoms with Crippen molar-refractivity contribution in [3.63, 3.8) is 0 Å². The van der Waals surface area contributed by atoms with Gasteiger partial charge in [-0.2, -0.15) is 0 Å². The molecule has 1 aliphatic rings. The molecule has 1 aliphatic heterocycles. The predicted molar refractivity (Wildman–Crippen MR) is 33.0 cm³/mol. The Balaban J connectivity index is 3.02. The minimum absolute atomic E-state index is 1.16. The molecule has 0 aromatic carbocycles. The number of aliphatic carboxylic acids is 1. The fraction of sp³-hybridized carbons (Fsp3) is 0.400. The Kier molecular flexibility index (Phi) is 1.90. The lowest BCUT2D eigenvalue weighted by Gasteiger charge is -2.28. The Labute approximate surface area is 69.9 Å². The maximum absolute atomic E-state index is 13.0. The summed E-state index contributed by atoms with van der Waals surface area (Å²) < 4.78 is 25.7. The van der Waals surface area contributed by atoms with Gasteiger partial charge < -0.3 is 5.11 Å². The molecule has 0 aromatic rings. The average molecular weight is 194 g/mol. The molecule has 1 heterocycles. The van der Waals surface area contributed by atoms with Crippen LogP contribution < -0.4 is 10.6 Å². The van der Waals surface area contributed by atoms with Crippen molar-refractivity contribution in [1.82, 2.24) is 10.6 Å². The minimum atomic E-state index is -3.68. The van der Waals surface area contributed by atoms with Crippen molar-refractivity contribution in [2.45, 2.75) is 12.0 Å². The van der Waals surface area contributed by atoms with E-state index in [9.17, 15) is 23.2 Å². The highest BCUT2D eigenvalue weighted by Gasteiger charge is 2.56. The Bertz CT molecular complexity index is 294. The van der Waals surface area contributed by atoms with E-state index in [1.165, 1.54) is 5.32 Å².